The van der Waals surface area contributed by atoms with Gasteiger partial charge in [0.15, 0.2) is 6.10 Å². The molecule has 1 aromatic carbocycles. The fraction of sp³-hybridized carbons (Fsp3) is 0.636. The number of halogens is 3. The molecule has 158 valence electrons. The molecule has 5 rings (SSSR count). The molecule has 4 fully saturated rings. The van der Waals surface area contributed by atoms with Crippen molar-refractivity contribution < 1.29 is 32.2 Å². The third kappa shape index (κ3) is 4.14. The molecule has 1 atom stereocenters. The van der Waals surface area contributed by atoms with E-state index < -0.39 is 31.1 Å². The van der Waals surface area contributed by atoms with Crippen LogP contribution in [0.5, 0.6) is 0 Å². The molecule has 0 heterocycles. The van der Waals surface area contributed by atoms with Gasteiger partial charge in [-0.05, 0) is 68.4 Å². The van der Waals surface area contributed by atoms with Crippen LogP contribution in [0, 0.1) is 23.2 Å². The van der Waals surface area contributed by atoms with Gasteiger partial charge < -0.3 is 9.47 Å². The van der Waals surface area contributed by atoms with E-state index in [4.69, 9.17) is 4.74 Å². The Labute approximate surface area is 167 Å². The highest BCUT2D eigenvalue weighted by molar-refractivity contribution is 6.03. The Morgan fingerprint density at radius 1 is 0.966 bits per heavy atom. The zero-order valence-corrected chi connectivity index (χ0v) is 16.1. The second kappa shape index (κ2) is 8.00. The molecule has 0 saturated heterocycles. The minimum atomic E-state index is -3.14. The van der Waals surface area contributed by atoms with Gasteiger partial charge in [-0.3, -0.25) is 0 Å². The fourth-order valence-electron chi connectivity index (χ4n) is 5.95. The molecule has 0 amide bonds. The van der Waals surface area contributed by atoms with Crippen LogP contribution in [0.25, 0.3) is 0 Å². The monoisotopic (exact) mass is 410 g/mol. The highest BCUT2D eigenvalue weighted by Crippen LogP contribution is 2.60. The lowest BCUT2D eigenvalue weighted by molar-refractivity contribution is -0.0848. The van der Waals surface area contributed by atoms with Crippen LogP contribution < -0.4 is 0 Å². The molecular weight excluding hydrogens is 385 g/mol. The summed E-state index contributed by atoms with van der Waals surface area (Å²) in [5.41, 5.74) is -0.217. The normalized spacial score (nSPS) is 31.0. The van der Waals surface area contributed by atoms with Crippen LogP contribution in [0.2, 0.25) is 0 Å². The molecule has 0 radical (unpaired) electrons. The van der Waals surface area contributed by atoms with Crippen molar-refractivity contribution in [2.45, 2.75) is 51.1 Å². The molecule has 1 aromatic rings. The largest absolute Gasteiger partial charge is 0.461 e. The first-order chi connectivity index (χ1) is 13.9. The van der Waals surface area contributed by atoms with E-state index in [9.17, 15) is 22.8 Å². The Hall–Kier alpha value is -2.05. The first-order valence-electron chi connectivity index (χ1n) is 10.2. The molecular formula is C22H25F3O4. The Balaban J connectivity index is 1.44. The Morgan fingerprint density at radius 2 is 1.48 bits per heavy atom. The smallest absolute Gasteiger partial charge is 0.339 e. The Kier molecular flexibility index (Phi) is 5.58. The molecule has 29 heavy (non-hydrogen) atoms. The predicted molar refractivity (Wildman–Crippen MR) is 98.5 cm³/mol. The van der Waals surface area contributed by atoms with E-state index in [2.05, 4.69) is 4.74 Å². The van der Waals surface area contributed by atoms with Gasteiger partial charge in [0.05, 0.1) is 17.7 Å². The maximum atomic E-state index is 12.7. The minimum absolute atomic E-state index is 0.0227. The molecule has 4 aliphatic rings. The van der Waals surface area contributed by atoms with Gasteiger partial charge in [0.1, 0.15) is 6.67 Å². The first kappa shape index (κ1) is 20.2. The first-order valence-corrected chi connectivity index (χ1v) is 10.2. The van der Waals surface area contributed by atoms with Crippen molar-refractivity contribution in [2.24, 2.45) is 23.2 Å². The molecule has 4 aliphatic carbocycles. The van der Waals surface area contributed by atoms with Gasteiger partial charge in [-0.15, -0.1) is 0 Å². The van der Waals surface area contributed by atoms with Gasteiger partial charge >= 0.3 is 11.9 Å². The number of ether oxygens (including phenoxy) is 2. The van der Waals surface area contributed by atoms with Gasteiger partial charge in [-0.1, -0.05) is 12.1 Å². The number of alkyl halides is 3. The summed E-state index contributed by atoms with van der Waals surface area (Å²) >= 11 is 0. The van der Waals surface area contributed by atoms with E-state index in [1.165, 1.54) is 37.5 Å². The van der Waals surface area contributed by atoms with E-state index in [-0.39, 0.29) is 16.5 Å². The van der Waals surface area contributed by atoms with Gasteiger partial charge in [-0.2, -0.15) is 0 Å². The summed E-state index contributed by atoms with van der Waals surface area (Å²) in [6.45, 7) is -1.19. The van der Waals surface area contributed by atoms with Crippen molar-refractivity contribution in [3.05, 3.63) is 35.4 Å². The number of carbonyl (C=O) groups excluding carboxylic acids is 2. The van der Waals surface area contributed by atoms with Crippen LogP contribution in [0.15, 0.2) is 24.3 Å². The van der Waals surface area contributed by atoms with E-state index >= 15 is 0 Å². The van der Waals surface area contributed by atoms with Crippen LogP contribution in [-0.2, 0) is 9.47 Å². The summed E-state index contributed by atoms with van der Waals surface area (Å²) in [5, 5.41) is 0. The highest BCUT2D eigenvalue weighted by atomic mass is 19.3. The van der Waals surface area contributed by atoms with Gasteiger partial charge in [0.2, 0.25) is 0 Å². The van der Waals surface area contributed by atoms with Gasteiger partial charge in [0, 0.05) is 5.41 Å². The fourth-order valence-corrected chi connectivity index (χ4v) is 5.95. The number of carbonyl (C=O) groups is 2. The Morgan fingerprint density at radius 3 is 1.97 bits per heavy atom. The van der Waals surface area contributed by atoms with Crippen LogP contribution in [0.1, 0.15) is 59.2 Å². The number of benzene rings is 1. The highest BCUT2D eigenvalue weighted by Gasteiger charge is 2.51. The SMILES string of the molecule is O=C(OCC12CC3CC(CC(C3)C1)C2)c1ccccc1C(=O)OC(CF)C(F)F. The lowest BCUT2D eigenvalue weighted by atomic mass is 9.50. The summed E-state index contributed by atoms with van der Waals surface area (Å²) in [4.78, 5) is 24.9. The summed E-state index contributed by atoms with van der Waals surface area (Å²) in [6.07, 6.45) is 1.76. The lowest BCUT2D eigenvalue weighted by Crippen LogP contribution is -2.48. The molecule has 0 aromatic heterocycles. The van der Waals surface area contributed by atoms with Crippen LogP contribution >= 0.6 is 0 Å². The third-order valence-electron chi connectivity index (χ3n) is 6.73. The molecule has 4 nitrogen and oxygen atoms in total. The maximum Gasteiger partial charge on any atom is 0.339 e. The quantitative estimate of drug-likeness (QED) is 0.605. The number of esters is 2. The standard InChI is InChI=1S/C22H25F3O4/c23-11-18(19(24)25)29-21(27)17-4-2-1-3-16(17)20(26)28-12-22-8-13-5-14(9-22)7-15(6-13)10-22/h1-4,13-15,18-19H,5-12H2. The number of rotatable bonds is 7. The van der Waals surface area contributed by atoms with E-state index in [1.54, 1.807) is 6.07 Å². The average molecular weight is 410 g/mol. The van der Waals surface area contributed by atoms with E-state index in [0.29, 0.717) is 24.4 Å². The second-order valence-electron chi connectivity index (χ2n) is 8.97. The molecule has 4 bridgehead atoms. The van der Waals surface area contributed by atoms with Crippen LogP contribution in [-0.4, -0.2) is 37.7 Å². The van der Waals surface area contributed by atoms with Crippen molar-refractivity contribution in [1.29, 1.82) is 0 Å². The van der Waals surface area contributed by atoms with Crippen molar-refractivity contribution >= 4 is 11.9 Å². The summed E-state index contributed by atoms with van der Waals surface area (Å²) in [7, 11) is 0. The van der Waals surface area contributed by atoms with Crippen molar-refractivity contribution in [3.8, 4) is 0 Å². The average Bonchev–Trinajstić information content (AvgIpc) is 2.69. The van der Waals surface area contributed by atoms with Crippen molar-refractivity contribution in [3.63, 3.8) is 0 Å². The van der Waals surface area contributed by atoms with Crippen molar-refractivity contribution in [2.75, 3.05) is 13.3 Å². The Bertz CT molecular complexity index is 744. The number of hydrogen-bond acceptors (Lipinski definition) is 4. The van der Waals surface area contributed by atoms with Crippen LogP contribution in [0.3, 0.4) is 0 Å². The lowest BCUT2D eigenvalue weighted by Gasteiger charge is -2.56. The molecule has 7 heteroatoms. The maximum absolute atomic E-state index is 12.7. The second-order valence-corrected chi connectivity index (χ2v) is 8.97. The minimum Gasteiger partial charge on any atom is -0.461 e. The molecule has 4 saturated carbocycles. The summed E-state index contributed by atoms with van der Waals surface area (Å²) in [6, 6.07) is 5.73. The zero-order chi connectivity index (χ0) is 20.6. The molecule has 0 spiro atoms. The van der Waals surface area contributed by atoms with Gasteiger partial charge in [0.25, 0.3) is 6.43 Å². The third-order valence-corrected chi connectivity index (χ3v) is 6.73. The molecule has 0 N–H and O–H groups in total. The van der Waals surface area contributed by atoms with Gasteiger partial charge in [-0.25, -0.2) is 22.8 Å². The molecule has 1 unspecified atom stereocenters. The van der Waals surface area contributed by atoms with Crippen LogP contribution in [0.4, 0.5) is 13.2 Å². The van der Waals surface area contributed by atoms with E-state index in [1.807, 2.05) is 0 Å². The predicted octanol–water partition coefficient (Wildman–Crippen LogP) is 4.82. The molecule has 0 aliphatic heterocycles. The topological polar surface area (TPSA) is 52.6 Å². The summed E-state index contributed by atoms with van der Waals surface area (Å²) < 4.78 is 48.2. The van der Waals surface area contributed by atoms with Crippen molar-refractivity contribution in [1.82, 2.24) is 0 Å². The van der Waals surface area contributed by atoms with E-state index in [0.717, 1.165) is 19.3 Å². The number of hydrogen-bond donors (Lipinski definition) is 0. The summed E-state index contributed by atoms with van der Waals surface area (Å²) in [5.74, 6) is 0.315. The zero-order valence-electron chi connectivity index (χ0n) is 16.1.